The molecule has 0 fully saturated rings. The first-order valence-electron chi connectivity index (χ1n) is 9.78. The van der Waals surface area contributed by atoms with Crippen LogP contribution in [0, 0.1) is 12.8 Å². The van der Waals surface area contributed by atoms with Crippen LogP contribution in [0.15, 0.2) is 36.7 Å². The van der Waals surface area contributed by atoms with E-state index in [1.165, 1.54) is 15.6 Å². The molecule has 0 aliphatic heterocycles. The minimum Gasteiger partial charge on any atom is -0.471 e. The van der Waals surface area contributed by atoms with Crippen LogP contribution in [0.2, 0.25) is 5.02 Å². The zero-order chi connectivity index (χ0) is 22.5. The smallest absolute Gasteiger partial charge is 0.276 e. The van der Waals surface area contributed by atoms with Crippen LogP contribution in [-0.4, -0.2) is 37.9 Å². The molecule has 0 aliphatic rings. The lowest BCUT2D eigenvalue weighted by Crippen LogP contribution is -2.30. The standard InChI is InChI=1S/C21H25ClN6O3/c1-13(2)10-23-21(30)19-18(11-24-27(19)4)25-20(29)17-7-8-28(26-17)12-31-15-5-6-16(22)14(3)9-15/h5-9,11,13H,10,12H2,1-4H3,(H,23,30)(H,25,29). The maximum atomic E-state index is 12.6. The van der Waals surface area contributed by atoms with Gasteiger partial charge in [0.15, 0.2) is 12.4 Å². The fraction of sp³-hybridized carbons (Fsp3) is 0.333. The molecule has 0 saturated carbocycles. The van der Waals surface area contributed by atoms with E-state index in [9.17, 15) is 9.59 Å². The van der Waals surface area contributed by atoms with Crippen molar-refractivity contribution in [2.24, 2.45) is 13.0 Å². The monoisotopic (exact) mass is 444 g/mol. The number of hydrogen-bond acceptors (Lipinski definition) is 5. The number of aromatic nitrogens is 4. The molecule has 9 nitrogen and oxygen atoms in total. The van der Waals surface area contributed by atoms with Crippen molar-refractivity contribution in [3.05, 3.63) is 58.6 Å². The Kier molecular flexibility index (Phi) is 6.96. The molecule has 0 spiro atoms. The van der Waals surface area contributed by atoms with Gasteiger partial charge < -0.3 is 15.4 Å². The van der Waals surface area contributed by atoms with E-state index < -0.39 is 5.91 Å². The van der Waals surface area contributed by atoms with Crippen molar-refractivity contribution in [3.63, 3.8) is 0 Å². The first-order chi connectivity index (χ1) is 14.7. The van der Waals surface area contributed by atoms with Crippen molar-refractivity contribution in [3.8, 4) is 5.75 Å². The number of aryl methyl sites for hydroxylation is 2. The molecule has 1 aromatic carbocycles. The maximum Gasteiger partial charge on any atom is 0.276 e. The highest BCUT2D eigenvalue weighted by molar-refractivity contribution is 6.31. The van der Waals surface area contributed by atoms with E-state index in [-0.39, 0.29) is 24.0 Å². The van der Waals surface area contributed by atoms with Crippen LogP contribution in [0.4, 0.5) is 5.69 Å². The van der Waals surface area contributed by atoms with Gasteiger partial charge in [0.05, 0.1) is 11.9 Å². The SMILES string of the molecule is Cc1cc(OCn2ccc(C(=O)Nc3cnn(C)c3C(=O)NCC(C)C)n2)ccc1Cl. The molecule has 0 aliphatic carbocycles. The quantitative estimate of drug-likeness (QED) is 0.555. The second kappa shape index (κ2) is 9.65. The van der Waals surface area contributed by atoms with E-state index in [2.05, 4.69) is 20.8 Å². The van der Waals surface area contributed by atoms with E-state index in [0.29, 0.717) is 28.9 Å². The van der Waals surface area contributed by atoms with Gasteiger partial charge >= 0.3 is 0 Å². The number of rotatable bonds is 8. The van der Waals surface area contributed by atoms with Gasteiger partial charge in [-0.3, -0.25) is 14.3 Å². The molecule has 10 heteroatoms. The van der Waals surface area contributed by atoms with Gasteiger partial charge in [-0.05, 0) is 42.7 Å². The number of nitrogens with zero attached hydrogens (tertiary/aromatic N) is 4. The number of ether oxygens (including phenoxy) is 1. The summed E-state index contributed by atoms with van der Waals surface area (Å²) in [5.41, 5.74) is 1.68. The summed E-state index contributed by atoms with van der Waals surface area (Å²) in [6.07, 6.45) is 3.07. The highest BCUT2D eigenvalue weighted by atomic mass is 35.5. The van der Waals surface area contributed by atoms with Crippen LogP contribution < -0.4 is 15.4 Å². The molecular weight excluding hydrogens is 420 g/mol. The summed E-state index contributed by atoms with van der Waals surface area (Å²) < 4.78 is 8.60. The number of halogens is 1. The van der Waals surface area contributed by atoms with Gasteiger partial charge in [-0.15, -0.1) is 0 Å². The third kappa shape index (κ3) is 5.64. The number of nitrogens with one attached hydrogen (secondary N) is 2. The van der Waals surface area contributed by atoms with Crippen molar-refractivity contribution in [2.45, 2.75) is 27.5 Å². The van der Waals surface area contributed by atoms with Gasteiger partial charge in [-0.25, -0.2) is 4.68 Å². The minimum atomic E-state index is -0.452. The van der Waals surface area contributed by atoms with Gasteiger partial charge in [0.2, 0.25) is 0 Å². The van der Waals surface area contributed by atoms with Crippen molar-refractivity contribution >= 4 is 29.1 Å². The van der Waals surface area contributed by atoms with Crippen LogP contribution in [0.25, 0.3) is 0 Å². The van der Waals surface area contributed by atoms with E-state index in [4.69, 9.17) is 16.3 Å². The van der Waals surface area contributed by atoms with Gasteiger partial charge in [-0.2, -0.15) is 10.2 Å². The molecule has 2 heterocycles. The lowest BCUT2D eigenvalue weighted by Gasteiger charge is -2.10. The second-order valence-corrected chi connectivity index (χ2v) is 7.92. The lowest BCUT2D eigenvalue weighted by atomic mass is 10.2. The third-order valence-electron chi connectivity index (χ3n) is 4.44. The zero-order valence-electron chi connectivity index (χ0n) is 17.8. The number of benzene rings is 1. The number of hydrogen-bond donors (Lipinski definition) is 2. The summed E-state index contributed by atoms with van der Waals surface area (Å²) in [6, 6.07) is 6.92. The Balaban J connectivity index is 1.64. The highest BCUT2D eigenvalue weighted by Gasteiger charge is 2.20. The number of amides is 2. The fourth-order valence-corrected chi connectivity index (χ4v) is 2.89. The molecular formula is C21H25ClN6O3. The summed E-state index contributed by atoms with van der Waals surface area (Å²) in [5.74, 6) is 0.196. The van der Waals surface area contributed by atoms with E-state index in [1.54, 1.807) is 31.4 Å². The molecule has 0 saturated heterocycles. The van der Waals surface area contributed by atoms with Crippen molar-refractivity contribution in [1.29, 1.82) is 0 Å². The van der Waals surface area contributed by atoms with Crippen LogP contribution >= 0.6 is 11.6 Å². The number of carbonyl (C=O) groups excluding carboxylic acids is 2. The molecule has 31 heavy (non-hydrogen) atoms. The summed E-state index contributed by atoms with van der Waals surface area (Å²) in [6.45, 7) is 6.54. The first-order valence-corrected chi connectivity index (χ1v) is 10.2. The minimum absolute atomic E-state index is 0.129. The summed E-state index contributed by atoms with van der Waals surface area (Å²) in [5, 5.41) is 14.5. The Morgan fingerprint density at radius 3 is 2.71 bits per heavy atom. The summed E-state index contributed by atoms with van der Waals surface area (Å²) in [7, 11) is 1.64. The van der Waals surface area contributed by atoms with Crippen LogP contribution in [0.1, 0.15) is 40.4 Å². The van der Waals surface area contributed by atoms with Crippen LogP contribution in [0.5, 0.6) is 5.75 Å². The molecule has 164 valence electrons. The maximum absolute atomic E-state index is 12.6. The first kappa shape index (κ1) is 22.4. The molecule has 0 bridgehead atoms. The third-order valence-corrected chi connectivity index (χ3v) is 4.86. The Morgan fingerprint density at radius 2 is 2.00 bits per heavy atom. The lowest BCUT2D eigenvalue weighted by molar-refractivity contribution is 0.0940. The Hall–Kier alpha value is -3.33. The molecule has 2 amide bonds. The molecule has 2 N–H and O–H groups in total. The van der Waals surface area contributed by atoms with Gasteiger partial charge in [0.25, 0.3) is 11.8 Å². The van der Waals surface area contributed by atoms with Crippen LogP contribution in [-0.2, 0) is 13.8 Å². The predicted molar refractivity (Wildman–Crippen MR) is 117 cm³/mol. The average Bonchev–Trinajstić information content (AvgIpc) is 3.34. The zero-order valence-corrected chi connectivity index (χ0v) is 18.6. The summed E-state index contributed by atoms with van der Waals surface area (Å²) in [4.78, 5) is 25.1. The Morgan fingerprint density at radius 1 is 1.23 bits per heavy atom. The van der Waals surface area contributed by atoms with Gasteiger partial charge in [0, 0.05) is 24.8 Å². The molecule has 2 aromatic heterocycles. The Bertz CT molecular complexity index is 1090. The van der Waals surface area contributed by atoms with Gasteiger partial charge in [-0.1, -0.05) is 25.4 Å². The van der Waals surface area contributed by atoms with Crippen molar-refractivity contribution in [1.82, 2.24) is 24.9 Å². The number of anilines is 1. The molecule has 0 radical (unpaired) electrons. The normalized spacial score (nSPS) is 10.9. The highest BCUT2D eigenvalue weighted by Crippen LogP contribution is 2.21. The van der Waals surface area contributed by atoms with E-state index >= 15 is 0 Å². The predicted octanol–water partition coefficient (Wildman–Crippen LogP) is 3.25. The second-order valence-electron chi connectivity index (χ2n) is 7.51. The fourth-order valence-electron chi connectivity index (χ4n) is 2.77. The molecule has 3 rings (SSSR count). The topological polar surface area (TPSA) is 103 Å². The van der Waals surface area contributed by atoms with Crippen molar-refractivity contribution < 1.29 is 14.3 Å². The van der Waals surface area contributed by atoms with Crippen molar-refractivity contribution in [2.75, 3.05) is 11.9 Å². The van der Waals surface area contributed by atoms with E-state index in [1.807, 2.05) is 26.8 Å². The largest absolute Gasteiger partial charge is 0.471 e. The number of carbonyl (C=O) groups is 2. The molecule has 0 atom stereocenters. The van der Waals surface area contributed by atoms with Gasteiger partial charge in [0.1, 0.15) is 11.4 Å². The summed E-state index contributed by atoms with van der Waals surface area (Å²) >= 11 is 6.02. The van der Waals surface area contributed by atoms with E-state index in [0.717, 1.165) is 5.56 Å². The Labute approximate surface area is 185 Å². The molecule has 3 aromatic rings. The van der Waals surface area contributed by atoms with Crippen LogP contribution in [0.3, 0.4) is 0 Å². The average molecular weight is 445 g/mol. The molecule has 0 unspecified atom stereocenters.